The Morgan fingerprint density at radius 2 is 1.85 bits per heavy atom. The third-order valence-corrected chi connectivity index (χ3v) is 4.84. The number of nitrogens with zero attached hydrogens (tertiary/aromatic N) is 2. The van der Waals surface area contributed by atoms with Crippen molar-refractivity contribution in [1.29, 1.82) is 0 Å². The fourth-order valence-electron chi connectivity index (χ4n) is 3.22. The highest BCUT2D eigenvalue weighted by molar-refractivity contribution is 6.04. The highest BCUT2D eigenvalue weighted by atomic mass is 16.6. The smallest absolute Gasteiger partial charge is 0.271 e. The van der Waals surface area contributed by atoms with Gasteiger partial charge in [-0.3, -0.25) is 19.7 Å². The van der Waals surface area contributed by atoms with Gasteiger partial charge in [0.15, 0.2) is 0 Å². The minimum atomic E-state index is -0.504. The molecule has 1 heterocycles. The van der Waals surface area contributed by atoms with Crippen molar-refractivity contribution < 1.29 is 14.5 Å². The summed E-state index contributed by atoms with van der Waals surface area (Å²) in [6.07, 6.45) is 0.118. The van der Waals surface area contributed by atoms with E-state index in [1.807, 2.05) is 32.0 Å². The fourth-order valence-corrected chi connectivity index (χ4v) is 3.22. The summed E-state index contributed by atoms with van der Waals surface area (Å²) in [5.41, 5.74) is 3.88. The summed E-state index contributed by atoms with van der Waals surface area (Å²) in [7, 11) is 0. The zero-order valence-electron chi connectivity index (χ0n) is 15.5. The van der Waals surface area contributed by atoms with Gasteiger partial charge in [0.25, 0.3) is 5.69 Å². The Balaban J connectivity index is 1.77. The maximum Gasteiger partial charge on any atom is 0.271 e. The zero-order chi connectivity index (χ0) is 19.7. The maximum absolute atomic E-state index is 12.7. The number of hydrogen-bond donors (Lipinski definition) is 1. The van der Waals surface area contributed by atoms with Gasteiger partial charge < -0.3 is 10.2 Å². The molecule has 1 aliphatic heterocycles. The van der Waals surface area contributed by atoms with E-state index in [9.17, 15) is 19.7 Å². The minimum Gasteiger partial charge on any atom is -0.325 e. The van der Waals surface area contributed by atoms with Crippen molar-refractivity contribution in [3.63, 3.8) is 0 Å². The Hall–Kier alpha value is -3.22. The monoisotopic (exact) mass is 367 g/mol. The van der Waals surface area contributed by atoms with E-state index in [1.165, 1.54) is 12.1 Å². The van der Waals surface area contributed by atoms with E-state index in [0.29, 0.717) is 12.2 Å². The molecule has 1 atom stereocenters. The highest BCUT2D eigenvalue weighted by Crippen LogP contribution is 2.30. The number of carbonyl (C=O) groups is 2. The number of amides is 2. The maximum atomic E-state index is 12.7. The Labute approximate surface area is 157 Å². The van der Waals surface area contributed by atoms with E-state index in [1.54, 1.807) is 17.9 Å². The van der Waals surface area contributed by atoms with Crippen LogP contribution in [0, 0.1) is 36.8 Å². The summed E-state index contributed by atoms with van der Waals surface area (Å²) < 4.78 is 0. The van der Waals surface area contributed by atoms with Crippen LogP contribution >= 0.6 is 0 Å². The number of carbonyl (C=O) groups excluding carboxylic acids is 2. The summed E-state index contributed by atoms with van der Waals surface area (Å²) in [6.45, 7) is 5.95. The van der Waals surface area contributed by atoms with Crippen LogP contribution < -0.4 is 10.2 Å². The van der Waals surface area contributed by atoms with Gasteiger partial charge in [0, 0.05) is 30.8 Å². The van der Waals surface area contributed by atoms with Crippen molar-refractivity contribution in [2.75, 3.05) is 16.8 Å². The standard InChI is InChI=1S/C20H21N3O4/c1-12-4-5-14(3)18(8-12)22-11-15(9-19(22)24)20(25)21-17-10-16(23(26)27)7-6-13(17)2/h4-8,10,15H,9,11H2,1-3H3,(H,21,25). The number of rotatable bonds is 4. The SMILES string of the molecule is Cc1ccc(C)c(N2CC(C(=O)Nc3cc([N+](=O)[O-])ccc3C)CC2=O)c1. The summed E-state index contributed by atoms with van der Waals surface area (Å²) >= 11 is 0. The molecule has 2 aromatic rings. The molecule has 2 amide bonds. The molecule has 1 saturated heterocycles. The molecule has 1 N–H and O–H groups in total. The molecule has 3 rings (SSSR count). The molecule has 0 bridgehead atoms. The second-order valence-corrected chi connectivity index (χ2v) is 6.94. The van der Waals surface area contributed by atoms with Crippen LogP contribution in [0.25, 0.3) is 0 Å². The van der Waals surface area contributed by atoms with Gasteiger partial charge in [0.1, 0.15) is 0 Å². The Kier molecular flexibility index (Phi) is 4.94. The largest absolute Gasteiger partial charge is 0.325 e. The van der Waals surface area contributed by atoms with Crippen molar-refractivity contribution in [3.05, 3.63) is 63.2 Å². The van der Waals surface area contributed by atoms with Crippen molar-refractivity contribution in [2.24, 2.45) is 5.92 Å². The number of anilines is 2. The van der Waals surface area contributed by atoms with Crippen LogP contribution in [0.5, 0.6) is 0 Å². The van der Waals surface area contributed by atoms with Crippen LogP contribution in [0.1, 0.15) is 23.1 Å². The average molecular weight is 367 g/mol. The minimum absolute atomic E-state index is 0.0876. The average Bonchev–Trinajstić information content (AvgIpc) is 3.00. The molecule has 1 fully saturated rings. The lowest BCUT2D eigenvalue weighted by molar-refractivity contribution is -0.384. The first kappa shape index (κ1) is 18.6. The van der Waals surface area contributed by atoms with Gasteiger partial charge in [-0.1, -0.05) is 18.2 Å². The summed E-state index contributed by atoms with van der Waals surface area (Å²) in [6, 6.07) is 10.2. The van der Waals surface area contributed by atoms with Crippen LogP contribution in [0.2, 0.25) is 0 Å². The lowest BCUT2D eigenvalue weighted by Gasteiger charge is -2.20. The normalized spacial score (nSPS) is 16.5. The van der Waals surface area contributed by atoms with Gasteiger partial charge in [-0.25, -0.2) is 0 Å². The van der Waals surface area contributed by atoms with Gasteiger partial charge in [-0.2, -0.15) is 0 Å². The molecule has 0 aliphatic carbocycles. The predicted octanol–water partition coefficient (Wildman–Crippen LogP) is 3.51. The van der Waals surface area contributed by atoms with Gasteiger partial charge in [0.2, 0.25) is 11.8 Å². The number of nitrogens with one attached hydrogen (secondary N) is 1. The predicted molar refractivity (Wildman–Crippen MR) is 103 cm³/mol. The Morgan fingerprint density at radius 3 is 2.56 bits per heavy atom. The molecule has 1 aliphatic rings. The van der Waals surface area contributed by atoms with Crippen molar-refractivity contribution in [3.8, 4) is 0 Å². The Morgan fingerprint density at radius 1 is 1.15 bits per heavy atom. The molecular weight excluding hydrogens is 346 g/mol. The number of nitro groups is 1. The topological polar surface area (TPSA) is 92.6 Å². The van der Waals surface area contributed by atoms with Gasteiger partial charge in [-0.05, 0) is 43.5 Å². The van der Waals surface area contributed by atoms with E-state index in [2.05, 4.69) is 5.32 Å². The number of nitro benzene ring substituents is 1. The quantitative estimate of drug-likeness (QED) is 0.661. The fraction of sp³-hybridized carbons (Fsp3) is 0.300. The second-order valence-electron chi connectivity index (χ2n) is 6.94. The summed E-state index contributed by atoms with van der Waals surface area (Å²) in [4.78, 5) is 37.2. The van der Waals surface area contributed by atoms with E-state index in [-0.39, 0.29) is 23.9 Å². The zero-order valence-corrected chi connectivity index (χ0v) is 15.5. The molecule has 140 valence electrons. The molecule has 7 nitrogen and oxygen atoms in total. The molecule has 0 radical (unpaired) electrons. The van der Waals surface area contributed by atoms with Gasteiger partial charge in [0.05, 0.1) is 16.5 Å². The third kappa shape index (κ3) is 3.81. The molecule has 0 spiro atoms. The third-order valence-electron chi connectivity index (χ3n) is 4.84. The van der Waals surface area contributed by atoms with E-state index < -0.39 is 10.8 Å². The second kappa shape index (κ2) is 7.19. The number of non-ortho nitro benzene ring substituents is 1. The first-order valence-electron chi connectivity index (χ1n) is 8.70. The van der Waals surface area contributed by atoms with Crippen LogP contribution in [0.15, 0.2) is 36.4 Å². The van der Waals surface area contributed by atoms with Crippen LogP contribution in [-0.2, 0) is 9.59 Å². The van der Waals surface area contributed by atoms with Crippen molar-refractivity contribution in [1.82, 2.24) is 0 Å². The molecule has 0 saturated carbocycles. The van der Waals surface area contributed by atoms with Crippen molar-refractivity contribution >= 4 is 28.9 Å². The highest BCUT2D eigenvalue weighted by Gasteiger charge is 2.36. The van der Waals surface area contributed by atoms with Crippen LogP contribution in [0.4, 0.5) is 17.1 Å². The van der Waals surface area contributed by atoms with E-state index >= 15 is 0 Å². The molecule has 2 aromatic carbocycles. The van der Waals surface area contributed by atoms with Gasteiger partial charge in [-0.15, -0.1) is 0 Å². The van der Waals surface area contributed by atoms with Gasteiger partial charge >= 0.3 is 0 Å². The number of benzene rings is 2. The van der Waals surface area contributed by atoms with Crippen LogP contribution in [-0.4, -0.2) is 23.3 Å². The lowest BCUT2D eigenvalue weighted by atomic mass is 10.1. The number of aryl methyl sites for hydroxylation is 3. The molecule has 0 aromatic heterocycles. The summed E-state index contributed by atoms with van der Waals surface area (Å²) in [5, 5.41) is 13.7. The Bertz CT molecular complexity index is 939. The van der Waals surface area contributed by atoms with Crippen LogP contribution in [0.3, 0.4) is 0 Å². The lowest BCUT2D eigenvalue weighted by Crippen LogP contribution is -2.28. The van der Waals surface area contributed by atoms with E-state index in [0.717, 1.165) is 22.4 Å². The first-order valence-corrected chi connectivity index (χ1v) is 8.70. The molecule has 27 heavy (non-hydrogen) atoms. The molecule has 7 heteroatoms. The van der Waals surface area contributed by atoms with E-state index in [4.69, 9.17) is 0 Å². The number of hydrogen-bond acceptors (Lipinski definition) is 4. The van der Waals surface area contributed by atoms with Crippen molar-refractivity contribution in [2.45, 2.75) is 27.2 Å². The first-order chi connectivity index (χ1) is 12.8. The molecule has 1 unspecified atom stereocenters. The molecular formula is C20H21N3O4. The summed E-state index contributed by atoms with van der Waals surface area (Å²) in [5.74, 6) is -0.907.